The van der Waals surface area contributed by atoms with Gasteiger partial charge in [-0.1, -0.05) is 103 Å². The summed E-state index contributed by atoms with van der Waals surface area (Å²) in [6.07, 6.45) is 23.0. The smallest absolute Gasteiger partial charge is 0.176 e. The Morgan fingerprint density at radius 3 is 1.79 bits per heavy atom. The molecular weight excluding hydrogens is 672 g/mol. The van der Waals surface area contributed by atoms with Gasteiger partial charge in [0, 0.05) is 25.4 Å². The number of carbonyl (C=O) groups excluding carboxylic acids is 2. The van der Waals surface area contributed by atoms with E-state index >= 15 is 0 Å². The number of hydrogen-bond donors (Lipinski definition) is 1. The van der Waals surface area contributed by atoms with Crippen molar-refractivity contribution in [3.05, 3.63) is 70.9 Å². The minimum atomic E-state index is -0.248. The number of methoxy groups -OCH3 is 2. The summed E-state index contributed by atoms with van der Waals surface area (Å²) in [5, 5.41) is 16.2. The molecule has 0 spiro atoms. The molecule has 264 valence electrons. The van der Waals surface area contributed by atoms with Crippen molar-refractivity contribution < 1.29 is 19.1 Å². The summed E-state index contributed by atoms with van der Waals surface area (Å²) >= 11 is 4.66. The zero-order chi connectivity index (χ0) is 36.4. The van der Waals surface area contributed by atoms with Crippen molar-refractivity contribution in [3.8, 4) is 5.40 Å². The van der Waals surface area contributed by atoms with E-state index in [0.29, 0.717) is 23.5 Å². The Bertz CT molecular complexity index is 1150. The number of nitriles is 1. The maximum absolute atomic E-state index is 12.5. The van der Waals surface area contributed by atoms with Gasteiger partial charge in [-0.2, -0.15) is 5.26 Å². The zero-order valence-electron chi connectivity index (χ0n) is 30.6. The first-order valence-electron chi connectivity index (χ1n) is 16.5. The molecule has 0 aromatic rings. The molecule has 47 heavy (non-hydrogen) atoms. The highest BCUT2D eigenvalue weighted by molar-refractivity contribution is 9.10. The van der Waals surface area contributed by atoms with Gasteiger partial charge >= 0.3 is 0 Å². The SMILES string of the molecule is C=N.CCC(C)CC(SC#N)C(=O)C1=CC=C(C)CC=C1.COC(C)C.COC(C)CCC(C)CC(Br)C(=O)C1=CC=C(C)CC=C1. The summed E-state index contributed by atoms with van der Waals surface area (Å²) in [6, 6.07) is 0. The highest BCUT2D eigenvalue weighted by atomic mass is 79.9. The van der Waals surface area contributed by atoms with Crippen LogP contribution in [0.4, 0.5) is 0 Å². The summed E-state index contributed by atoms with van der Waals surface area (Å²) in [6.45, 7) is 19.2. The summed E-state index contributed by atoms with van der Waals surface area (Å²) in [4.78, 5) is 24.8. The fraction of sp³-hybridized carbons (Fsp3) is 0.590. The number of hydrogen-bond acceptors (Lipinski definition) is 7. The number of ketones is 2. The summed E-state index contributed by atoms with van der Waals surface area (Å²) in [5.74, 6) is 1.23. The van der Waals surface area contributed by atoms with E-state index in [1.54, 1.807) is 14.2 Å². The molecule has 6 nitrogen and oxygen atoms in total. The van der Waals surface area contributed by atoms with Crippen LogP contribution < -0.4 is 0 Å². The molecule has 0 aliphatic heterocycles. The molecule has 0 heterocycles. The van der Waals surface area contributed by atoms with E-state index in [1.165, 1.54) is 11.1 Å². The van der Waals surface area contributed by atoms with Crippen LogP contribution in [0, 0.1) is 27.9 Å². The Labute approximate surface area is 299 Å². The molecule has 0 saturated heterocycles. The van der Waals surface area contributed by atoms with Crippen LogP contribution in [0.2, 0.25) is 0 Å². The summed E-state index contributed by atoms with van der Waals surface area (Å²) in [5.41, 5.74) is 4.03. The van der Waals surface area contributed by atoms with Crippen LogP contribution in [-0.2, 0) is 19.1 Å². The minimum absolute atomic E-state index is 0.0778. The van der Waals surface area contributed by atoms with Crippen LogP contribution in [0.3, 0.4) is 0 Å². The van der Waals surface area contributed by atoms with E-state index in [1.807, 2.05) is 56.4 Å². The van der Waals surface area contributed by atoms with Crippen LogP contribution in [-0.4, -0.2) is 54.8 Å². The summed E-state index contributed by atoms with van der Waals surface area (Å²) < 4.78 is 10.0. The molecule has 5 atom stereocenters. The van der Waals surface area contributed by atoms with Gasteiger partial charge in [0.2, 0.25) is 0 Å². The highest BCUT2D eigenvalue weighted by Gasteiger charge is 2.24. The predicted molar refractivity (Wildman–Crippen MR) is 206 cm³/mol. The molecular formula is C39H61BrN2O4S. The van der Waals surface area contributed by atoms with Crippen LogP contribution in [0.25, 0.3) is 0 Å². The number of nitrogens with zero attached hydrogens (tertiary/aromatic N) is 1. The monoisotopic (exact) mass is 732 g/mol. The number of thioether (sulfide) groups is 1. The number of nitrogens with one attached hydrogen (secondary N) is 1. The summed E-state index contributed by atoms with van der Waals surface area (Å²) in [7, 11) is 3.44. The van der Waals surface area contributed by atoms with Crippen LogP contribution in [0.15, 0.2) is 70.9 Å². The van der Waals surface area contributed by atoms with E-state index in [0.717, 1.165) is 62.3 Å². The molecule has 0 aromatic heterocycles. The molecule has 8 heteroatoms. The Morgan fingerprint density at radius 1 is 0.872 bits per heavy atom. The van der Waals surface area contributed by atoms with E-state index in [2.05, 4.69) is 75.7 Å². The number of Topliss-reactive ketones (excluding diaryl/α,β-unsaturated/α-hetero) is 2. The molecule has 5 unspecified atom stereocenters. The Balaban J connectivity index is 0. The molecule has 0 fully saturated rings. The van der Waals surface area contributed by atoms with Gasteiger partial charge < -0.3 is 14.9 Å². The minimum Gasteiger partial charge on any atom is -0.382 e. The van der Waals surface area contributed by atoms with E-state index < -0.39 is 0 Å². The van der Waals surface area contributed by atoms with Crippen molar-refractivity contribution in [2.45, 2.75) is 123 Å². The van der Waals surface area contributed by atoms with Gasteiger partial charge in [-0.25, -0.2) is 0 Å². The maximum atomic E-state index is 12.5. The normalized spacial score (nSPS) is 16.9. The molecule has 0 bridgehead atoms. The average molecular weight is 734 g/mol. The second-order valence-electron chi connectivity index (χ2n) is 12.4. The molecule has 2 aliphatic rings. The van der Waals surface area contributed by atoms with Crippen LogP contribution in [0.5, 0.6) is 0 Å². The number of carbonyl (C=O) groups is 2. The number of alkyl halides is 1. The van der Waals surface area contributed by atoms with E-state index in [4.69, 9.17) is 20.1 Å². The van der Waals surface area contributed by atoms with Gasteiger partial charge in [0.05, 0.1) is 22.3 Å². The fourth-order valence-corrected chi connectivity index (χ4v) is 5.87. The van der Waals surface area contributed by atoms with Crippen molar-refractivity contribution in [2.75, 3.05) is 14.2 Å². The third-order valence-electron chi connectivity index (χ3n) is 7.77. The van der Waals surface area contributed by atoms with Crippen LogP contribution >= 0.6 is 27.7 Å². The first-order valence-corrected chi connectivity index (χ1v) is 18.3. The van der Waals surface area contributed by atoms with Crippen molar-refractivity contribution >= 4 is 46.0 Å². The fourth-order valence-electron chi connectivity index (χ4n) is 4.17. The number of thiocyanates is 1. The quantitative estimate of drug-likeness (QED) is 0.102. The number of allylic oxidation sites excluding steroid dienone is 12. The number of ether oxygens (including phenoxy) is 2. The standard InChI is InChI=1S/C18H27BrO2.C16H21NOS.C4H10O.CH3N/c1-13-6-5-7-16(11-9-13)18(20)17(19)12-14(2)8-10-15(3)21-4;1-4-12(2)10-15(19-11-17)16(18)14-7-5-6-13(3)8-9-14;1-4(2)5-3;1-2/h5,7,9,11,14-15,17H,6,8,10,12H2,1-4H3;5,7-9,12,15H,4,6,10H2,1-3H3;4H,1-3H3;2H,1H2. The first-order chi connectivity index (χ1) is 22.3. The maximum Gasteiger partial charge on any atom is 0.176 e. The Kier molecular flexibility index (Phi) is 28.6. The lowest BCUT2D eigenvalue weighted by atomic mass is 9.95. The molecule has 1 N–H and O–H groups in total. The van der Waals surface area contributed by atoms with Gasteiger partial charge in [0.1, 0.15) is 5.40 Å². The van der Waals surface area contributed by atoms with Crippen molar-refractivity contribution in [2.24, 2.45) is 11.8 Å². The lowest BCUT2D eigenvalue weighted by Crippen LogP contribution is -2.20. The zero-order valence-corrected chi connectivity index (χ0v) is 33.0. The van der Waals surface area contributed by atoms with Gasteiger partial charge in [0.15, 0.2) is 11.6 Å². The second kappa shape index (κ2) is 28.7. The van der Waals surface area contributed by atoms with Gasteiger partial charge in [-0.15, -0.1) is 0 Å². The van der Waals surface area contributed by atoms with E-state index in [9.17, 15) is 9.59 Å². The predicted octanol–water partition coefficient (Wildman–Crippen LogP) is 10.7. The second-order valence-corrected chi connectivity index (χ2v) is 14.5. The highest BCUT2D eigenvalue weighted by Crippen LogP contribution is 2.26. The van der Waals surface area contributed by atoms with Gasteiger partial charge in [-0.05, 0) is 103 Å². The third-order valence-corrected chi connectivity index (χ3v) is 9.36. The van der Waals surface area contributed by atoms with Gasteiger partial charge in [-0.3, -0.25) is 9.59 Å². The molecule has 2 rings (SSSR count). The topological polar surface area (TPSA) is 100 Å². The van der Waals surface area contributed by atoms with Crippen molar-refractivity contribution in [1.29, 1.82) is 10.7 Å². The Hall–Kier alpha value is -2.31. The number of halogens is 1. The Morgan fingerprint density at radius 2 is 1.36 bits per heavy atom. The molecule has 0 radical (unpaired) electrons. The molecule has 2 aliphatic carbocycles. The van der Waals surface area contributed by atoms with Crippen molar-refractivity contribution in [3.63, 3.8) is 0 Å². The van der Waals surface area contributed by atoms with E-state index in [-0.39, 0.29) is 27.7 Å². The lowest BCUT2D eigenvalue weighted by molar-refractivity contribution is -0.115. The molecule has 0 aromatic carbocycles. The average Bonchev–Trinajstić information content (AvgIpc) is 3.43. The third kappa shape index (κ3) is 22.8. The van der Waals surface area contributed by atoms with Crippen molar-refractivity contribution in [1.82, 2.24) is 0 Å². The number of rotatable bonds is 15. The largest absolute Gasteiger partial charge is 0.382 e. The van der Waals surface area contributed by atoms with Crippen LogP contribution in [0.1, 0.15) is 100 Å². The van der Waals surface area contributed by atoms with Gasteiger partial charge in [0.25, 0.3) is 0 Å². The first kappa shape index (κ1) is 46.8. The molecule has 0 amide bonds. The lowest BCUT2D eigenvalue weighted by Gasteiger charge is -2.17. The molecule has 0 saturated carbocycles.